The van der Waals surface area contributed by atoms with E-state index in [0.29, 0.717) is 5.56 Å². The highest BCUT2D eigenvalue weighted by Crippen LogP contribution is 2.23. The lowest BCUT2D eigenvalue weighted by molar-refractivity contribution is -0.166. The van der Waals surface area contributed by atoms with Crippen LogP contribution in [0.25, 0.3) is 0 Å². The summed E-state index contributed by atoms with van der Waals surface area (Å²) in [6.07, 6.45) is -1.70. The number of ether oxygens (including phenoxy) is 1. The summed E-state index contributed by atoms with van der Waals surface area (Å²) in [7, 11) is -3.96. The molecule has 2 rings (SSSR count). The molecule has 2 atom stereocenters. The lowest BCUT2D eigenvalue weighted by atomic mass is 10.0. The number of carbonyl (C=O) groups is 1. The molecule has 2 aromatic carbocycles. The van der Waals surface area contributed by atoms with Crippen molar-refractivity contribution < 1.29 is 23.1 Å². The van der Waals surface area contributed by atoms with Crippen LogP contribution < -0.4 is 4.72 Å². The van der Waals surface area contributed by atoms with E-state index >= 15 is 0 Å². The van der Waals surface area contributed by atoms with Crippen molar-refractivity contribution in [2.75, 3.05) is 0 Å². The first kappa shape index (κ1) is 21.1. The molecule has 0 radical (unpaired) electrons. The summed E-state index contributed by atoms with van der Waals surface area (Å²) in [6.45, 7) is 6.87. The average molecular weight is 391 g/mol. The molecule has 0 aromatic heterocycles. The van der Waals surface area contributed by atoms with Crippen LogP contribution in [0, 0.1) is 6.92 Å². The van der Waals surface area contributed by atoms with Gasteiger partial charge in [0, 0.05) is 0 Å². The van der Waals surface area contributed by atoms with Gasteiger partial charge in [-0.3, -0.25) is 0 Å². The van der Waals surface area contributed by atoms with E-state index in [4.69, 9.17) is 4.74 Å². The predicted molar refractivity (Wildman–Crippen MR) is 103 cm³/mol. The van der Waals surface area contributed by atoms with Gasteiger partial charge in [-0.2, -0.15) is 0 Å². The maximum atomic E-state index is 12.8. The Labute approximate surface area is 160 Å². The van der Waals surface area contributed by atoms with Crippen LogP contribution in [0.15, 0.2) is 59.5 Å². The van der Waals surface area contributed by atoms with E-state index in [0.717, 1.165) is 5.56 Å². The summed E-state index contributed by atoms with van der Waals surface area (Å²) in [4.78, 5) is 12.4. The molecule has 27 heavy (non-hydrogen) atoms. The molecule has 6 nitrogen and oxygen atoms in total. The Kier molecular flexibility index (Phi) is 6.41. The standard InChI is InChI=1S/C20H25NO5S/c1-14-10-12-16(13-11-14)27(24,25)21-17(15-8-6-5-7-9-15)18(22)19(23)26-20(2,3)4/h5-13,17-18,21-22H,1-4H3/t17-,18+/m0/s1. The van der Waals surface area contributed by atoms with Crippen LogP contribution in [0.1, 0.15) is 37.9 Å². The van der Waals surface area contributed by atoms with E-state index in [1.807, 2.05) is 6.92 Å². The number of hydrogen-bond donors (Lipinski definition) is 2. The van der Waals surface area contributed by atoms with Gasteiger partial charge in [0.1, 0.15) is 5.60 Å². The molecule has 2 N–H and O–H groups in total. The predicted octanol–water partition coefficient (Wildman–Crippen LogP) is 2.72. The molecule has 7 heteroatoms. The van der Waals surface area contributed by atoms with Crippen molar-refractivity contribution in [3.8, 4) is 0 Å². The van der Waals surface area contributed by atoms with Gasteiger partial charge in [0.25, 0.3) is 0 Å². The molecular weight excluding hydrogens is 366 g/mol. The van der Waals surface area contributed by atoms with Crippen LogP contribution in [0.2, 0.25) is 0 Å². The first-order chi connectivity index (χ1) is 12.5. The number of esters is 1. The van der Waals surface area contributed by atoms with Crippen molar-refractivity contribution in [3.05, 3.63) is 65.7 Å². The number of hydrogen-bond acceptors (Lipinski definition) is 5. The Morgan fingerprint density at radius 2 is 1.59 bits per heavy atom. The van der Waals surface area contributed by atoms with Crippen molar-refractivity contribution in [1.29, 1.82) is 0 Å². The lowest BCUT2D eigenvalue weighted by Gasteiger charge is -2.27. The van der Waals surface area contributed by atoms with Gasteiger partial charge in [0.2, 0.25) is 10.0 Å². The van der Waals surface area contributed by atoms with Crippen molar-refractivity contribution in [2.24, 2.45) is 0 Å². The molecule has 0 heterocycles. The van der Waals surface area contributed by atoms with Crippen molar-refractivity contribution in [1.82, 2.24) is 4.72 Å². The van der Waals surface area contributed by atoms with Crippen LogP contribution in [0.3, 0.4) is 0 Å². The zero-order valence-electron chi connectivity index (χ0n) is 15.8. The fourth-order valence-corrected chi connectivity index (χ4v) is 3.66. The number of rotatable bonds is 6. The van der Waals surface area contributed by atoms with E-state index in [2.05, 4.69) is 4.72 Å². The highest BCUT2D eigenvalue weighted by Gasteiger charge is 2.34. The molecule has 0 amide bonds. The second kappa shape index (κ2) is 8.21. The quantitative estimate of drug-likeness (QED) is 0.739. The third-order valence-corrected chi connectivity index (χ3v) is 5.19. The number of aliphatic hydroxyl groups is 1. The Morgan fingerprint density at radius 3 is 2.11 bits per heavy atom. The van der Waals surface area contributed by atoms with E-state index in [1.165, 1.54) is 12.1 Å². The van der Waals surface area contributed by atoms with E-state index < -0.39 is 33.7 Å². The van der Waals surface area contributed by atoms with Crippen molar-refractivity contribution >= 4 is 16.0 Å². The van der Waals surface area contributed by atoms with Crippen LogP contribution in [0.4, 0.5) is 0 Å². The van der Waals surface area contributed by atoms with E-state index in [9.17, 15) is 18.3 Å². The van der Waals surface area contributed by atoms with Crippen molar-refractivity contribution in [2.45, 2.75) is 50.3 Å². The van der Waals surface area contributed by atoms with Crippen LogP contribution in [-0.4, -0.2) is 31.2 Å². The highest BCUT2D eigenvalue weighted by atomic mass is 32.2. The number of benzene rings is 2. The van der Waals surface area contributed by atoms with E-state index in [-0.39, 0.29) is 4.90 Å². The van der Waals surface area contributed by atoms with Gasteiger partial charge in [0.15, 0.2) is 6.10 Å². The van der Waals surface area contributed by atoms with Gasteiger partial charge in [0.05, 0.1) is 10.9 Å². The minimum Gasteiger partial charge on any atom is -0.458 e. The number of sulfonamides is 1. The zero-order valence-corrected chi connectivity index (χ0v) is 16.7. The van der Waals surface area contributed by atoms with Gasteiger partial charge in [-0.1, -0.05) is 48.0 Å². The molecule has 2 aromatic rings. The molecular formula is C20H25NO5S. The molecule has 0 aliphatic rings. The summed E-state index contributed by atoms with van der Waals surface area (Å²) in [5, 5.41) is 10.5. The van der Waals surface area contributed by atoms with Gasteiger partial charge in [-0.05, 0) is 45.4 Å². The second-order valence-corrected chi connectivity index (χ2v) is 9.01. The van der Waals surface area contributed by atoms with Gasteiger partial charge in [-0.25, -0.2) is 17.9 Å². The van der Waals surface area contributed by atoms with E-state index in [1.54, 1.807) is 63.2 Å². The van der Waals surface area contributed by atoms with Crippen LogP contribution in [-0.2, 0) is 19.6 Å². The lowest BCUT2D eigenvalue weighted by Crippen LogP contribution is -2.43. The summed E-state index contributed by atoms with van der Waals surface area (Å²) < 4.78 is 33.2. The molecule has 0 aliphatic carbocycles. The van der Waals surface area contributed by atoms with Gasteiger partial charge >= 0.3 is 5.97 Å². The van der Waals surface area contributed by atoms with Gasteiger partial charge in [-0.15, -0.1) is 0 Å². The minimum absolute atomic E-state index is 0.0467. The normalized spacial score (nSPS) is 14.4. The zero-order chi connectivity index (χ0) is 20.2. The largest absolute Gasteiger partial charge is 0.458 e. The van der Waals surface area contributed by atoms with Crippen molar-refractivity contribution in [3.63, 3.8) is 0 Å². The van der Waals surface area contributed by atoms with Gasteiger partial charge < -0.3 is 9.84 Å². The summed E-state index contributed by atoms with van der Waals surface area (Å²) in [5.41, 5.74) is 0.559. The molecule has 0 saturated heterocycles. The minimum atomic E-state index is -3.96. The SMILES string of the molecule is Cc1ccc(S(=O)(=O)N[C@@H](c2ccccc2)[C@@H](O)C(=O)OC(C)(C)C)cc1. The maximum Gasteiger partial charge on any atom is 0.337 e. The fourth-order valence-electron chi connectivity index (χ4n) is 2.43. The Hall–Kier alpha value is -2.22. The fraction of sp³-hybridized carbons (Fsp3) is 0.350. The third-order valence-electron chi connectivity index (χ3n) is 3.74. The average Bonchev–Trinajstić information content (AvgIpc) is 2.59. The summed E-state index contributed by atoms with van der Waals surface area (Å²) in [6, 6.07) is 13.5. The first-order valence-corrected chi connectivity index (χ1v) is 10.0. The molecule has 0 spiro atoms. The molecule has 0 unspecified atom stereocenters. The summed E-state index contributed by atoms with van der Waals surface area (Å²) in [5.74, 6) is -0.900. The second-order valence-electron chi connectivity index (χ2n) is 7.30. The molecule has 0 bridgehead atoms. The highest BCUT2D eigenvalue weighted by molar-refractivity contribution is 7.89. The Morgan fingerprint density at radius 1 is 1.04 bits per heavy atom. The Balaban J connectivity index is 2.36. The topological polar surface area (TPSA) is 92.7 Å². The smallest absolute Gasteiger partial charge is 0.337 e. The summed E-state index contributed by atoms with van der Waals surface area (Å²) >= 11 is 0. The monoisotopic (exact) mass is 391 g/mol. The molecule has 0 aliphatic heterocycles. The maximum absolute atomic E-state index is 12.8. The number of aliphatic hydroxyl groups excluding tert-OH is 1. The molecule has 0 fully saturated rings. The first-order valence-electron chi connectivity index (χ1n) is 8.54. The third kappa shape index (κ3) is 5.89. The van der Waals surface area contributed by atoms with Crippen LogP contribution >= 0.6 is 0 Å². The Bertz CT molecular complexity index is 871. The number of aryl methyl sites for hydroxylation is 1. The molecule has 146 valence electrons. The van der Waals surface area contributed by atoms with Crippen LogP contribution in [0.5, 0.6) is 0 Å². The number of carbonyl (C=O) groups excluding carboxylic acids is 1. The number of nitrogens with one attached hydrogen (secondary N) is 1. The molecule has 0 saturated carbocycles.